The van der Waals surface area contributed by atoms with Crippen molar-refractivity contribution in [2.24, 2.45) is 5.92 Å². The molecular formula is C18H18F3N5O. The Labute approximate surface area is 153 Å². The summed E-state index contributed by atoms with van der Waals surface area (Å²) in [6.45, 7) is 0.506. The third kappa shape index (κ3) is 3.54. The summed E-state index contributed by atoms with van der Waals surface area (Å²) in [5.41, 5.74) is 0.964. The second kappa shape index (κ2) is 6.71. The van der Waals surface area contributed by atoms with Crippen molar-refractivity contribution >= 4 is 16.8 Å². The number of benzene rings is 1. The molecule has 142 valence electrons. The number of hydrogen-bond donors (Lipinski definition) is 1. The van der Waals surface area contributed by atoms with E-state index in [1.807, 2.05) is 41.1 Å². The van der Waals surface area contributed by atoms with E-state index in [4.69, 9.17) is 0 Å². The second-order valence-electron chi connectivity index (χ2n) is 6.69. The number of hydrogen-bond acceptors (Lipinski definition) is 3. The van der Waals surface area contributed by atoms with Gasteiger partial charge in [0.15, 0.2) is 5.82 Å². The van der Waals surface area contributed by atoms with E-state index in [1.165, 1.54) is 0 Å². The zero-order valence-electron chi connectivity index (χ0n) is 14.4. The number of nitrogens with zero attached hydrogens (tertiary/aromatic N) is 4. The van der Waals surface area contributed by atoms with E-state index >= 15 is 0 Å². The monoisotopic (exact) mass is 377 g/mol. The number of amides is 1. The van der Waals surface area contributed by atoms with E-state index in [2.05, 4.69) is 15.5 Å². The highest BCUT2D eigenvalue weighted by Gasteiger charge is 2.42. The largest absolute Gasteiger partial charge is 0.392 e. The van der Waals surface area contributed by atoms with Gasteiger partial charge in [-0.1, -0.05) is 18.2 Å². The maximum absolute atomic E-state index is 12.9. The number of carbonyl (C=O) groups excluding carboxylic acids is 1. The number of halogens is 3. The van der Waals surface area contributed by atoms with Crippen LogP contribution in [0.15, 0.2) is 36.5 Å². The molecule has 0 aliphatic carbocycles. The van der Waals surface area contributed by atoms with Crippen molar-refractivity contribution in [3.8, 4) is 0 Å². The Bertz CT molecular complexity index is 975. The van der Waals surface area contributed by atoms with Gasteiger partial charge in [-0.3, -0.25) is 4.79 Å². The molecule has 1 aliphatic heterocycles. The van der Waals surface area contributed by atoms with E-state index in [1.54, 1.807) is 4.57 Å². The maximum Gasteiger partial charge on any atom is 0.392 e. The molecule has 0 radical (unpaired) electrons. The third-order valence-corrected chi connectivity index (χ3v) is 4.93. The molecule has 0 unspecified atom stereocenters. The Morgan fingerprint density at radius 1 is 1.22 bits per heavy atom. The first-order valence-electron chi connectivity index (χ1n) is 8.70. The molecule has 1 aliphatic rings. The molecule has 1 atom stereocenters. The zero-order chi connectivity index (χ0) is 19.0. The van der Waals surface area contributed by atoms with Crippen LogP contribution in [0.4, 0.5) is 13.2 Å². The molecule has 4 rings (SSSR count). The van der Waals surface area contributed by atoms with E-state index in [0.717, 1.165) is 10.9 Å². The van der Waals surface area contributed by atoms with Crippen LogP contribution < -0.4 is 5.32 Å². The Kier molecular flexibility index (Phi) is 4.37. The summed E-state index contributed by atoms with van der Waals surface area (Å²) >= 11 is 0. The van der Waals surface area contributed by atoms with Crippen LogP contribution >= 0.6 is 0 Å². The maximum atomic E-state index is 12.9. The van der Waals surface area contributed by atoms with Gasteiger partial charge in [0.25, 0.3) is 0 Å². The predicted octanol–water partition coefficient (Wildman–Crippen LogP) is 2.67. The first kappa shape index (κ1) is 17.6. The predicted molar refractivity (Wildman–Crippen MR) is 91.7 cm³/mol. The lowest BCUT2D eigenvalue weighted by molar-refractivity contribution is -0.179. The number of fused-ring (bicyclic) bond motifs is 2. The molecule has 0 saturated carbocycles. The van der Waals surface area contributed by atoms with Gasteiger partial charge in [-0.05, 0) is 23.9 Å². The fraction of sp³-hybridized carbons (Fsp3) is 0.389. The van der Waals surface area contributed by atoms with Crippen molar-refractivity contribution in [1.29, 1.82) is 0 Å². The number of alkyl halides is 3. The van der Waals surface area contributed by atoms with E-state index in [0.29, 0.717) is 11.6 Å². The molecule has 3 aromatic rings. The van der Waals surface area contributed by atoms with Gasteiger partial charge >= 0.3 is 6.18 Å². The fourth-order valence-electron chi connectivity index (χ4n) is 3.47. The van der Waals surface area contributed by atoms with Gasteiger partial charge in [0.2, 0.25) is 5.91 Å². The van der Waals surface area contributed by atoms with Crippen molar-refractivity contribution in [3.63, 3.8) is 0 Å². The quantitative estimate of drug-likeness (QED) is 0.760. The van der Waals surface area contributed by atoms with Crippen LogP contribution in [0.2, 0.25) is 0 Å². The van der Waals surface area contributed by atoms with Crippen LogP contribution in [0, 0.1) is 5.92 Å². The topological polar surface area (TPSA) is 64.7 Å². The van der Waals surface area contributed by atoms with Crippen LogP contribution in [0.1, 0.15) is 18.1 Å². The van der Waals surface area contributed by atoms with Crippen LogP contribution in [0.3, 0.4) is 0 Å². The molecule has 0 bridgehead atoms. The highest BCUT2D eigenvalue weighted by molar-refractivity contribution is 5.83. The first-order valence-corrected chi connectivity index (χ1v) is 8.70. The molecule has 1 N–H and O–H groups in total. The minimum absolute atomic E-state index is 0.00480. The third-order valence-electron chi connectivity index (χ3n) is 4.93. The van der Waals surface area contributed by atoms with Crippen LogP contribution in [0.25, 0.3) is 10.9 Å². The van der Waals surface area contributed by atoms with Gasteiger partial charge in [-0.25, -0.2) is 0 Å². The number of rotatable bonds is 4. The van der Waals surface area contributed by atoms with Gasteiger partial charge in [-0.2, -0.15) is 13.2 Å². The highest BCUT2D eigenvalue weighted by atomic mass is 19.4. The average Bonchev–Trinajstić information content (AvgIpc) is 3.23. The van der Waals surface area contributed by atoms with Crippen molar-refractivity contribution < 1.29 is 18.0 Å². The fourth-order valence-corrected chi connectivity index (χ4v) is 3.47. The lowest BCUT2D eigenvalue weighted by Crippen LogP contribution is -2.33. The van der Waals surface area contributed by atoms with E-state index in [9.17, 15) is 18.0 Å². The normalized spacial score (nSPS) is 17.1. The van der Waals surface area contributed by atoms with Crippen LogP contribution in [-0.2, 0) is 30.8 Å². The number of nitrogens with one attached hydrogen (secondary N) is 1. The molecule has 0 fully saturated rings. The molecule has 2 aromatic heterocycles. The zero-order valence-corrected chi connectivity index (χ0v) is 14.4. The SMILES string of the molecule is O=C(Cn1ccc2ccccc21)NCc1nnc2n1CC[C@@H](C(F)(F)F)C2. The summed E-state index contributed by atoms with van der Waals surface area (Å²) in [7, 11) is 0. The molecule has 27 heavy (non-hydrogen) atoms. The molecule has 0 spiro atoms. The lowest BCUT2D eigenvalue weighted by Gasteiger charge is -2.25. The summed E-state index contributed by atoms with van der Waals surface area (Å²) in [5, 5.41) is 11.7. The summed E-state index contributed by atoms with van der Waals surface area (Å²) in [6.07, 6.45) is -2.53. The van der Waals surface area contributed by atoms with Crippen molar-refractivity contribution in [2.75, 3.05) is 0 Å². The van der Waals surface area contributed by atoms with Gasteiger partial charge in [0.1, 0.15) is 12.4 Å². The Hall–Kier alpha value is -2.84. The van der Waals surface area contributed by atoms with Crippen LogP contribution in [0.5, 0.6) is 0 Å². The molecule has 9 heteroatoms. The van der Waals surface area contributed by atoms with Gasteiger partial charge in [0, 0.05) is 24.7 Å². The summed E-state index contributed by atoms with van der Waals surface area (Å²) in [5.74, 6) is -0.767. The number of para-hydroxylation sites is 1. The smallest absolute Gasteiger partial charge is 0.347 e. The average molecular weight is 377 g/mol. The molecule has 3 heterocycles. The minimum Gasteiger partial charge on any atom is -0.347 e. The summed E-state index contributed by atoms with van der Waals surface area (Å²) in [6, 6.07) is 9.70. The van der Waals surface area contributed by atoms with Crippen molar-refractivity contribution in [1.82, 2.24) is 24.6 Å². The van der Waals surface area contributed by atoms with Crippen LogP contribution in [-0.4, -0.2) is 31.4 Å². The minimum atomic E-state index is -4.22. The molecule has 1 aromatic carbocycles. The Morgan fingerprint density at radius 3 is 2.85 bits per heavy atom. The van der Waals surface area contributed by atoms with Crippen molar-refractivity contribution in [3.05, 3.63) is 48.2 Å². The Morgan fingerprint density at radius 2 is 2.04 bits per heavy atom. The highest BCUT2D eigenvalue weighted by Crippen LogP contribution is 2.34. The van der Waals surface area contributed by atoms with Gasteiger partial charge in [-0.15, -0.1) is 10.2 Å². The summed E-state index contributed by atoms with van der Waals surface area (Å²) < 4.78 is 42.1. The molecular weight excluding hydrogens is 359 g/mol. The van der Waals surface area contributed by atoms with Gasteiger partial charge in [0.05, 0.1) is 12.5 Å². The number of carbonyl (C=O) groups is 1. The van der Waals surface area contributed by atoms with Crippen molar-refractivity contribution in [2.45, 2.75) is 38.7 Å². The number of aromatic nitrogens is 4. The van der Waals surface area contributed by atoms with Gasteiger partial charge < -0.3 is 14.5 Å². The van der Waals surface area contributed by atoms with E-state index < -0.39 is 12.1 Å². The molecule has 1 amide bonds. The molecule has 0 saturated heterocycles. The Balaban J connectivity index is 1.38. The lowest BCUT2D eigenvalue weighted by atomic mass is 9.97. The second-order valence-corrected chi connectivity index (χ2v) is 6.69. The van der Waals surface area contributed by atoms with E-state index in [-0.39, 0.29) is 38.4 Å². The first-order chi connectivity index (χ1) is 12.9. The molecule has 6 nitrogen and oxygen atoms in total. The standard InChI is InChI=1S/C18H18F3N5O/c19-18(20,21)13-6-8-26-15(9-13)23-24-16(26)10-22-17(27)11-25-7-5-12-3-1-2-4-14(12)25/h1-5,7,13H,6,8-11H2,(H,22,27)/t13-/m1/s1. The summed E-state index contributed by atoms with van der Waals surface area (Å²) in [4.78, 5) is 12.3.